The summed E-state index contributed by atoms with van der Waals surface area (Å²) >= 11 is 0. The van der Waals surface area contributed by atoms with Crippen LogP contribution in [0.15, 0.2) is 42.5 Å². The molecule has 3 nitrogen and oxygen atoms in total. The lowest BCUT2D eigenvalue weighted by atomic mass is 9.77. The van der Waals surface area contributed by atoms with Crippen molar-refractivity contribution in [2.75, 3.05) is 7.11 Å². The van der Waals surface area contributed by atoms with Gasteiger partial charge in [0, 0.05) is 5.46 Å². The van der Waals surface area contributed by atoms with Crippen molar-refractivity contribution in [2.45, 2.75) is 38.9 Å². The zero-order chi connectivity index (χ0) is 17.5. The number of rotatable bonds is 3. The van der Waals surface area contributed by atoms with E-state index >= 15 is 0 Å². The van der Waals surface area contributed by atoms with E-state index in [0.717, 1.165) is 16.6 Å². The molecule has 1 aliphatic rings. The third-order valence-electron chi connectivity index (χ3n) is 4.92. The molecule has 0 N–H and O–H groups in total. The van der Waals surface area contributed by atoms with Crippen LogP contribution in [0.25, 0.3) is 11.1 Å². The molecule has 1 fully saturated rings. The molecule has 0 bridgehead atoms. The molecule has 0 atom stereocenters. The molecule has 2 aromatic carbocycles. The van der Waals surface area contributed by atoms with Crippen LogP contribution in [0, 0.1) is 5.82 Å². The van der Waals surface area contributed by atoms with Crippen LogP contribution in [-0.2, 0) is 9.31 Å². The molecule has 0 radical (unpaired) electrons. The minimum absolute atomic E-state index is 0.250. The predicted molar refractivity (Wildman–Crippen MR) is 94.1 cm³/mol. The van der Waals surface area contributed by atoms with Crippen molar-refractivity contribution in [3.8, 4) is 16.9 Å². The standard InChI is InChI=1S/C19H22BFO3/c1-18(2)19(3,4)24-20(23-18)16-11-8-14(12-17(16)22-5)13-6-9-15(21)10-7-13/h6-12H,1-5H3. The summed E-state index contributed by atoms with van der Waals surface area (Å²) in [5.74, 6) is 0.440. The Balaban J connectivity index is 1.95. The van der Waals surface area contributed by atoms with Crippen LogP contribution in [0.5, 0.6) is 5.75 Å². The summed E-state index contributed by atoms with van der Waals surface area (Å²) in [7, 11) is 1.14. The van der Waals surface area contributed by atoms with Gasteiger partial charge in [-0.25, -0.2) is 4.39 Å². The van der Waals surface area contributed by atoms with E-state index in [1.165, 1.54) is 12.1 Å². The molecule has 1 aliphatic heterocycles. The van der Waals surface area contributed by atoms with Gasteiger partial charge in [-0.05, 0) is 57.0 Å². The second kappa shape index (κ2) is 5.90. The van der Waals surface area contributed by atoms with E-state index in [1.54, 1.807) is 19.2 Å². The Morgan fingerprint density at radius 2 is 1.42 bits per heavy atom. The zero-order valence-corrected chi connectivity index (χ0v) is 14.7. The first-order valence-corrected chi connectivity index (χ1v) is 8.03. The number of methoxy groups -OCH3 is 1. The Hall–Kier alpha value is -1.85. The molecule has 0 unspecified atom stereocenters. The number of halogens is 1. The topological polar surface area (TPSA) is 27.7 Å². The molecular weight excluding hydrogens is 306 g/mol. The Morgan fingerprint density at radius 3 is 1.96 bits per heavy atom. The summed E-state index contributed by atoms with van der Waals surface area (Å²) in [6, 6.07) is 12.2. The quantitative estimate of drug-likeness (QED) is 0.802. The van der Waals surface area contributed by atoms with Crippen molar-refractivity contribution in [2.24, 2.45) is 0 Å². The summed E-state index contributed by atoms with van der Waals surface area (Å²) in [4.78, 5) is 0. The maximum Gasteiger partial charge on any atom is 0.498 e. The van der Waals surface area contributed by atoms with Gasteiger partial charge in [0.25, 0.3) is 0 Å². The lowest BCUT2D eigenvalue weighted by molar-refractivity contribution is 0.00578. The first-order chi connectivity index (χ1) is 11.2. The molecule has 24 heavy (non-hydrogen) atoms. The zero-order valence-electron chi connectivity index (χ0n) is 14.7. The lowest BCUT2D eigenvalue weighted by Gasteiger charge is -2.32. The van der Waals surface area contributed by atoms with Gasteiger partial charge < -0.3 is 14.0 Å². The second-order valence-electron chi connectivity index (χ2n) is 7.05. The van der Waals surface area contributed by atoms with Gasteiger partial charge in [0.05, 0.1) is 18.3 Å². The molecule has 126 valence electrons. The van der Waals surface area contributed by atoms with E-state index in [0.29, 0.717) is 5.75 Å². The van der Waals surface area contributed by atoms with E-state index in [-0.39, 0.29) is 5.82 Å². The van der Waals surface area contributed by atoms with Crippen LogP contribution < -0.4 is 10.2 Å². The fourth-order valence-electron chi connectivity index (χ4n) is 2.70. The van der Waals surface area contributed by atoms with Crippen LogP contribution in [-0.4, -0.2) is 25.4 Å². The van der Waals surface area contributed by atoms with Crippen molar-refractivity contribution < 1.29 is 18.4 Å². The van der Waals surface area contributed by atoms with Gasteiger partial charge in [-0.1, -0.05) is 24.3 Å². The smallest absolute Gasteiger partial charge is 0.497 e. The van der Waals surface area contributed by atoms with Gasteiger partial charge in [0.1, 0.15) is 11.6 Å². The molecule has 5 heteroatoms. The average Bonchev–Trinajstić information content (AvgIpc) is 2.75. The highest BCUT2D eigenvalue weighted by Gasteiger charge is 2.52. The monoisotopic (exact) mass is 328 g/mol. The fourth-order valence-corrected chi connectivity index (χ4v) is 2.70. The van der Waals surface area contributed by atoms with E-state index < -0.39 is 18.3 Å². The Kier molecular flexibility index (Phi) is 4.18. The molecule has 0 aromatic heterocycles. The van der Waals surface area contributed by atoms with E-state index in [2.05, 4.69) is 0 Å². The highest BCUT2D eigenvalue weighted by atomic mass is 19.1. The van der Waals surface area contributed by atoms with Gasteiger partial charge in [0.15, 0.2) is 0 Å². The molecule has 0 aliphatic carbocycles. The molecular formula is C19H22BFO3. The third-order valence-corrected chi connectivity index (χ3v) is 4.92. The van der Waals surface area contributed by atoms with E-state index in [9.17, 15) is 4.39 Å². The van der Waals surface area contributed by atoms with Crippen molar-refractivity contribution in [3.63, 3.8) is 0 Å². The van der Waals surface area contributed by atoms with E-state index in [1.807, 2.05) is 45.9 Å². The minimum atomic E-state index is -0.479. The van der Waals surface area contributed by atoms with Gasteiger partial charge in [-0.2, -0.15) is 0 Å². The average molecular weight is 328 g/mol. The maximum absolute atomic E-state index is 13.1. The third kappa shape index (κ3) is 2.94. The summed E-state index contributed by atoms with van der Waals surface area (Å²) in [6.07, 6.45) is 0. The Morgan fingerprint density at radius 1 is 0.875 bits per heavy atom. The molecule has 1 saturated heterocycles. The summed E-state index contributed by atoms with van der Waals surface area (Å²) in [5, 5.41) is 0. The Bertz CT molecular complexity index is 725. The normalized spacial score (nSPS) is 18.7. The number of ether oxygens (including phenoxy) is 1. The largest absolute Gasteiger partial charge is 0.498 e. The molecule has 3 rings (SSSR count). The maximum atomic E-state index is 13.1. The van der Waals surface area contributed by atoms with Crippen LogP contribution in [0.3, 0.4) is 0 Å². The van der Waals surface area contributed by atoms with Crippen molar-refractivity contribution in [1.29, 1.82) is 0 Å². The van der Waals surface area contributed by atoms with Gasteiger partial charge in [0.2, 0.25) is 0 Å². The van der Waals surface area contributed by atoms with Crippen LogP contribution >= 0.6 is 0 Å². The van der Waals surface area contributed by atoms with Crippen molar-refractivity contribution >= 4 is 12.6 Å². The van der Waals surface area contributed by atoms with Gasteiger partial charge in [-0.15, -0.1) is 0 Å². The van der Waals surface area contributed by atoms with Crippen molar-refractivity contribution in [3.05, 3.63) is 48.3 Å². The van der Waals surface area contributed by atoms with E-state index in [4.69, 9.17) is 14.0 Å². The number of hydrogen-bond acceptors (Lipinski definition) is 3. The lowest BCUT2D eigenvalue weighted by Crippen LogP contribution is -2.41. The Labute approximate surface area is 142 Å². The SMILES string of the molecule is COc1cc(-c2ccc(F)cc2)ccc1B1OC(C)(C)C(C)(C)O1. The first kappa shape index (κ1) is 17.0. The minimum Gasteiger partial charge on any atom is -0.497 e. The van der Waals surface area contributed by atoms with Gasteiger partial charge >= 0.3 is 7.12 Å². The fraction of sp³-hybridized carbons (Fsp3) is 0.368. The molecule has 0 spiro atoms. The highest BCUT2D eigenvalue weighted by molar-refractivity contribution is 6.63. The summed E-state index contributed by atoms with van der Waals surface area (Å²) in [6.45, 7) is 8.08. The molecule has 0 amide bonds. The van der Waals surface area contributed by atoms with Crippen LogP contribution in [0.4, 0.5) is 4.39 Å². The second-order valence-corrected chi connectivity index (χ2v) is 7.05. The summed E-state index contributed by atoms with van der Waals surface area (Å²) in [5.41, 5.74) is 1.92. The van der Waals surface area contributed by atoms with Crippen molar-refractivity contribution in [1.82, 2.24) is 0 Å². The predicted octanol–water partition coefficient (Wildman–Crippen LogP) is 3.80. The van der Waals surface area contributed by atoms with Gasteiger partial charge in [-0.3, -0.25) is 0 Å². The number of hydrogen-bond donors (Lipinski definition) is 0. The first-order valence-electron chi connectivity index (χ1n) is 8.03. The molecule has 2 aromatic rings. The number of benzene rings is 2. The van der Waals surface area contributed by atoms with Crippen LogP contribution in [0.2, 0.25) is 0 Å². The highest BCUT2D eigenvalue weighted by Crippen LogP contribution is 2.37. The molecule has 1 heterocycles. The molecule has 0 saturated carbocycles. The summed E-state index contributed by atoms with van der Waals surface area (Å²) < 4.78 is 30.9. The van der Waals surface area contributed by atoms with Crippen LogP contribution in [0.1, 0.15) is 27.7 Å².